The largest absolute Gasteiger partial charge is 0.743 e. The maximum absolute atomic E-state index is 10.2. The number of hydrogen-bond donors (Lipinski definition) is 0. The molecule has 5 nitrogen and oxygen atoms in total. The van der Waals surface area contributed by atoms with Gasteiger partial charge in [0.2, 0.25) is 0 Å². The van der Waals surface area contributed by atoms with Gasteiger partial charge in [0.15, 0.2) is 12.4 Å². The number of rotatable bonds is 1. The van der Waals surface area contributed by atoms with Crippen LogP contribution >= 0.6 is 0 Å². The molecular weight excluding hydrogens is 228 g/mol. The smallest absolute Gasteiger partial charge is 0.166 e. The Morgan fingerprint density at radius 2 is 1.75 bits per heavy atom. The molecule has 84 valence electrons. The summed E-state index contributed by atoms with van der Waals surface area (Å²) in [7, 11) is -4.36. The van der Waals surface area contributed by atoms with Crippen molar-refractivity contribution >= 4 is 10.1 Å². The van der Waals surface area contributed by atoms with Crippen LogP contribution < -0.4 is 4.98 Å². The van der Waals surface area contributed by atoms with Gasteiger partial charge in [-0.3, -0.25) is 0 Å². The van der Waals surface area contributed by atoms with Crippen LogP contribution in [0.1, 0.15) is 0 Å². The van der Waals surface area contributed by atoms with Crippen molar-refractivity contribution < 1.29 is 18.0 Å². The van der Waals surface area contributed by atoms with Gasteiger partial charge in [-0.05, 0) is 12.1 Å². The van der Waals surface area contributed by atoms with Crippen molar-refractivity contribution in [2.75, 3.05) is 0 Å². The molecule has 0 aliphatic heterocycles. The van der Waals surface area contributed by atoms with Crippen LogP contribution in [0, 0.1) is 0 Å². The zero-order valence-corrected chi connectivity index (χ0v) is 9.09. The minimum Gasteiger partial charge on any atom is -0.743 e. The summed E-state index contributed by atoms with van der Waals surface area (Å²) in [6, 6.07) is 9.99. The number of aromatic amines is 1. The molecule has 2 rings (SSSR count). The molecule has 1 N–H and O–H groups in total. The van der Waals surface area contributed by atoms with Gasteiger partial charge in [-0.1, -0.05) is 12.1 Å². The van der Waals surface area contributed by atoms with E-state index in [0.717, 1.165) is 6.07 Å². The van der Waals surface area contributed by atoms with E-state index < -0.39 is 15.1 Å². The Hall–Kier alpha value is -1.79. The molecule has 0 bridgehead atoms. The molecule has 0 saturated carbocycles. The summed E-state index contributed by atoms with van der Waals surface area (Å²) in [6.07, 6.45) is 5.00. The van der Waals surface area contributed by atoms with E-state index >= 15 is 0 Å². The van der Waals surface area contributed by atoms with Crippen LogP contribution in [0.25, 0.3) is 0 Å². The van der Waals surface area contributed by atoms with Gasteiger partial charge in [0, 0.05) is 18.3 Å². The van der Waals surface area contributed by atoms with Crippen molar-refractivity contribution in [3.8, 4) is 0 Å². The third-order valence-corrected chi connectivity index (χ3v) is 2.25. The van der Waals surface area contributed by atoms with Gasteiger partial charge in [0.25, 0.3) is 0 Å². The summed E-state index contributed by atoms with van der Waals surface area (Å²) >= 11 is 0. The standard InChI is InChI=1S/C5H5NO3S.C5H5N/c7-10(8,9)5-3-1-2-4-6-5;1-2-4-6-5-3-1/h1-4H,(H,7,8,9);1-5H. The third kappa shape index (κ3) is 4.63. The van der Waals surface area contributed by atoms with E-state index in [4.69, 9.17) is 0 Å². The minimum atomic E-state index is -4.36. The molecule has 0 saturated heterocycles. The lowest BCUT2D eigenvalue weighted by atomic mass is 10.5. The average molecular weight is 238 g/mol. The first kappa shape index (κ1) is 12.3. The highest BCUT2D eigenvalue weighted by molar-refractivity contribution is 7.85. The third-order valence-electron chi connectivity index (χ3n) is 1.50. The van der Waals surface area contributed by atoms with Crippen molar-refractivity contribution in [2.24, 2.45) is 0 Å². The molecule has 0 atom stereocenters. The molecule has 2 heterocycles. The molecule has 0 unspecified atom stereocenters. The Kier molecular flexibility index (Phi) is 4.56. The number of aromatic nitrogens is 2. The van der Waals surface area contributed by atoms with Gasteiger partial charge in [0.05, 0.1) is 0 Å². The first-order chi connectivity index (χ1) is 7.61. The van der Waals surface area contributed by atoms with Gasteiger partial charge in [-0.15, -0.1) is 0 Å². The quantitative estimate of drug-likeness (QED) is 0.676. The monoisotopic (exact) mass is 238 g/mol. The van der Waals surface area contributed by atoms with Crippen LogP contribution in [0.4, 0.5) is 0 Å². The average Bonchev–Trinajstić information content (AvgIpc) is 2.32. The lowest BCUT2D eigenvalue weighted by Crippen LogP contribution is -2.00. The van der Waals surface area contributed by atoms with Crippen LogP contribution in [-0.4, -0.2) is 18.0 Å². The SMILES string of the molecule is O=S(=O)([O-])c1ccccn1.c1cc[nH+]cc1. The highest BCUT2D eigenvalue weighted by Crippen LogP contribution is 2.00. The van der Waals surface area contributed by atoms with E-state index in [1.165, 1.54) is 18.3 Å². The van der Waals surface area contributed by atoms with E-state index in [9.17, 15) is 13.0 Å². The highest BCUT2D eigenvalue weighted by Gasteiger charge is 1.98. The summed E-state index contributed by atoms with van der Waals surface area (Å²) < 4.78 is 30.6. The van der Waals surface area contributed by atoms with Gasteiger partial charge in [0.1, 0.15) is 15.1 Å². The minimum absolute atomic E-state index is 0.435. The van der Waals surface area contributed by atoms with E-state index in [2.05, 4.69) is 9.97 Å². The van der Waals surface area contributed by atoms with Gasteiger partial charge in [-0.25, -0.2) is 18.4 Å². The molecule has 2 aromatic rings. The zero-order valence-electron chi connectivity index (χ0n) is 8.28. The molecule has 0 fully saturated rings. The van der Waals surface area contributed by atoms with E-state index in [1.807, 2.05) is 30.6 Å². The molecule has 2 aromatic heterocycles. The van der Waals surface area contributed by atoms with Crippen molar-refractivity contribution in [3.05, 3.63) is 55.0 Å². The second-order valence-corrected chi connectivity index (χ2v) is 4.03. The fraction of sp³-hybridized carbons (Fsp3) is 0. The molecule has 0 amide bonds. The fourth-order valence-electron chi connectivity index (χ4n) is 0.837. The Morgan fingerprint density at radius 3 is 2.00 bits per heavy atom. The molecule has 0 aliphatic carbocycles. The molecule has 6 heteroatoms. The maximum atomic E-state index is 10.2. The normalized spacial score (nSPS) is 10.1. The zero-order chi connectivity index (χ0) is 11.9. The summed E-state index contributed by atoms with van der Waals surface area (Å²) in [5, 5.41) is -0.435. The molecule has 0 radical (unpaired) electrons. The first-order valence-electron chi connectivity index (χ1n) is 4.39. The van der Waals surface area contributed by atoms with Crippen molar-refractivity contribution in [1.29, 1.82) is 0 Å². The molecule has 0 spiro atoms. The molecule has 0 aliphatic rings. The lowest BCUT2D eigenvalue weighted by molar-refractivity contribution is -0.377. The number of nitrogens with one attached hydrogen (secondary N) is 1. The van der Waals surface area contributed by atoms with Crippen LogP contribution in [0.2, 0.25) is 0 Å². The number of H-pyrrole nitrogens is 1. The summed E-state index contributed by atoms with van der Waals surface area (Å²) in [6.45, 7) is 0. The molecular formula is C10H10N2O3S. The van der Waals surface area contributed by atoms with Crippen LogP contribution in [0.5, 0.6) is 0 Å². The Labute approximate surface area is 93.6 Å². The van der Waals surface area contributed by atoms with E-state index in [-0.39, 0.29) is 0 Å². The fourth-order valence-corrected chi connectivity index (χ4v) is 1.27. The van der Waals surface area contributed by atoms with Crippen molar-refractivity contribution in [3.63, 3.8) is 0 Å². The van der Waals surface area contributed by atoms with Gasteiger partial charge < -0.3 is 4.55 Å². The summed E-state index contributed by atoms with van der Waals surface area (Å²) in [5.74, 6) is 0. The first-order valence-corrected chi connectivity index (χ1v) is 5.79. The molecule has 0 aromatic carbocycles. The number of nitrogens with zero attached hydrogens (tertiary/aromatic N) is 1. The summed E-state index contributed by atoms with van der Waals surface area (Å²) in [4.78, 5) is 6.24. The van der Waals surface area contributed by atoms with Crippen LogP contribution in [0.15, 0.2) is 60.0 Å². The highest BCUT2D eigenvalue weighted by atomic mass is 32.2. The van der Waals surface area contributed by atoms with E-state index in [1.54, 1.807) is 0 Å². The van der Waals surface area contributed by atoms with Crippen molar-refractivity contribution in [2.45, 2.75) is 5.03 Å². The van der Waals surface area contributed by atoms with Crippen molar-refractivity contribution in [1.82, 2.24) is 4.98 Å². The van der Waals surface area contributed by atoms with Gasteiger partial charge in [-0.2, -0.15) is 0 Å². The Bertz CT molecular complexity index is 473. The van der Waals surface area contributed by atoms with Gasteiger partial charge >= 0.3 is 0 Å². The van der Waals surface area contributed by atoms with Crippen LogP contribution in [0.3, 0.4) is 0 Å². The predicted molar refractivity (Wildman–Crippen MR) is 55.2 cm³/mol. The summed E-state index contributed by atoms with van der Waals surface area (Å²) in [5.41, 5.74) is 0. The predicted octanol–water partition coefficient (Wildman–Crippen LogP) is 0.486. The maximum Gasteiger partial charge on any atom is 0.166 e. The second-order valence-electron chi connectivity index (χ2n) is 2.70. The number of pyridine rings is 2. The van der Waals surface area contributed by atoms with Crippen LogP contribution in [-0.2, 0) is 10.1 Å². The lowest BCUT2D eigenvalue weighted by Gasteiger charge is -2.02. The Morgan fingerprint density at radius 1 is 1.06 bits per heavy atom. The second kappa shape index (κ2) is 5.94. The number of hydrogen-bond acceptors (Lipinski definition) is 4. The Balaban J connectivity index is 0.000000181. The van der Waals surface area contributed by atoms with E-state index in [0.29, 0.717) is 0 Å². The molecule has 16 heavy (non-hydrogen) atoms. The topological polar surface area (TPSA) is 84.2 Å².